The number of allylic oxidation sites excluding steroid dienone is 2. The van der Waals surface area contributed by atoms with E-state index in [2.05, 4.69) is 31.9 Å². The van der Waals surface area contributed by atoms with Crippen molar-refractivity contribution in [1.82, 2.24) is 5.01 Å². The van der Waals surface area contributed by atoms with Crippen LogP contribution in [0.5, 0.6) is 0 Å². The largest absolute Gasteiger partial charge is 0.358 e. The average Bonchev–Trinajstić information content (AvgIpc) is 1.94. The molecule has 0 unspecified atom stereocenters. The standard InChI is InChI=1S/C9H15N2.CH3.Lr/c1-7(2)9-5-8(3)6-10-11(9)4;;/h5-7H,1-4H3;1H3;/q2*-1;. The molecular weight excluding hydrogens is 410 g/mol. The summed E-state index contributed by atoms with van der Waals surface area (Å²) in [5, 5.41) is 6.14. The molecule has 1 heterocycles. The van der Waals surface area contributed by atoms with Gasteiger partial charge in [-0.25, -0.2) is 5.10 Å². The number of hydrogen-bond donors (Lipinski definition) is 0. The van der Waals surface area contributed by atoms with Crippen molar-refractivity contribution in [2.45, 2.75) is 20.8 Å². The van der Waals surface area contributed by atoms with Crippen LogP contribution in [0.3, 0.4) is 0 Å². The summed E-state index contributed by atoms with van der Waals surface area (Å²) in [6.45, 7) is 6.42. The smallest absolute Gasteiger partial charge is 0.0106 e. The Labute approximate surface area is 76.0 Å². The van der Waals surface area contributed by atoms with Crippen LogP contribution in [-0.4, -0.2) is 18.3 Å². The van der Waals surface area contributed by atoms with Crippen LogP contribution in [0.15, 0.2) is 16.9 Å². The van der Waals surface area contributed by atoms with Crippen molar-refractivity contribution < 1.29 is 0 Å². The first-order valence-corrected chi connectivity index (χ1v) is 3.94. The molecule has 1 aliphatic rings. The van der Waals surface area contributed by atoms with E-state index in [-0.39, 0.29) is 7.43 Å². The number of rotatable bonds is 1. The van der Waals surface area contributed by atoms with Gasteiger partial charge in [0.25, 0.3) is 0 Å². The third kappa shape index (κ3) is 2.89. The summed E-state index contributed by atoms with van der Waals surface area (Å²) in [5.74, 6) is 1.78. The summed E-state index contributed by atoms with van der Waals surface area (Å²) in [5.41, 5.74) is 1.28. The Morgan fingerprint density at radius 2 is 2.00 bits per heavy atom. The van der Waals surface area contributed by atoms with Crippen LogP contribution < -0.4 is 0 Å². The zero-order valence-electron chi connectivity index (χ0n) is 8.88. The second-order valence-corrected chi connectivity index (χ2v) is 3.24. The SMILES string of the molecule is C[C-]1C=NN(C)C(C(C)C)=C1.[CH3-].[Lr]. The molecule has 1 radical (unpaired) electrons. The van der Waals surface area contributed by atoms with E-state index in [1.165, 1.54) is 11.6 Å². The van der Waals surface area contributed by atoms with Crippen LogP contribution in [-0.2, 0) is 0 Å². The zero-order chi connectivity index (χ0) is 8.43. The number of hydrogen-bond acceptors (Lipinski definition) is 2. The normalized spacial score (nSPS) is 15.0. The molecule has 1 aliphatic heterocycles. The van der Waals surface area contributed by atoms with Crippen molar-refractivity contribution in [2.75, 3.05) is 7.05 Å². The third-order valence-corrected chi connectivity index (χ3v) is 1.78. The van der Waals surface area contributed by atoms with Gasteiger partial charge in [0.05, 0.1) is 0 Å². The van der Waals surface area contributed by atoms with Crippen LogP contribution >= 0.6 is 0 Å². The van der Waals surface area contributed by atoms with Gasteiger partial charge in [-0.3, -0.25) is 0 Å². The quantitative estimate of drug-likeness (QED) is 0.587. The Morgan fingerprint density at radius 1 is 1.46 bits per heavy atom. The van der Waals surface area contributed by atoms with Gasteiger partial charge in [0, 0.05) is 7.05 Å². The fraction of sp³-hybridized carbons (Fsp3) is 0.500. The first-order chi connectivity index (χ1) is 5.11. The summed E-state index contributed by atoms with van der Waals surface area (Å²) < 4.78 is 0. The van der Waals surface area contributed by atoms with Crippen LogP contribution in [0.2, 0.25) is 0 Å². The van der Waals surface area contributed by atoms with Gasteiger partial charge in [-0.2, -0.15) is 12.0 Å². The molecule has 0 amide bonds. The van der Waals surface area contributed by atoms with Gasteiger partial charge in [-0.1, -0.05) is 19.8 Å². The summed E-state index contributed by atoms with van der Waals surface area (Å²) in [6.07, 6.45) is 4.06. The molecular formula is C10H18LrN2-2. The molecule has 0 aromatic heterocycles. The summed E-state index contributed by atoms with van der Waals surface area (Å²) in [6, 6.07) is 0. The van der Waals surface area contributed by atoms with Gasteiger partial charge in [-0.05, 0) is 6.21 Å². The Balaban J connectivity index is 0. The predicted molar refractivity (Wildman–Crippen MR) is 54.5 cm³/mol. The molecule has 3 heteroatoms. The van der Waals surface area contributed by atoms with Crippen LogP contribution in [0.4, 0.5) is 0 Å². The maximum absolute atomic E-state index is 4.22. The molecule has 0 aromatic carbocycles. The van der Waals surface area contributed by atoms with Crippen molar-refractivity contribution >= 4 is 6.21 Å². The second-order valence-electron chi connectivity index (χ2n) is 3.24. The molecule has 0 fully saturated rings. The minimum Gasteiger partial charge on any atom is -0.358 e. The van der Waals surface area contributed by atoms with Crippen molar-refractivity contribution in [3.05, 3.63) is 25.1 Å². The van der Waals surface area contributed by atoms with E-state index in [0.717, 1.165) is 0 Å². The number of nitrogens with zero attached hydrogens (tertiary/aromatic N) is 2. The zero-order valence-corrected chi connectivity index (χ0v) is 11.0. The van der Waals surface area contributed by atoms with Crippen molar-refractivity contribution in [3.63, 3.8) is 0 Å². The fourth-order valence-electron chi connectivity index (χ4n) is 1.15. The van der Waals surface area contributed by atoms with Crippen molar-refractivity contribution in [3.8, 4) is 0 Å². The Hall–Kier alpha value is -1.92. The van der Waals surface area contributed by atoms with E-state index in [1.54, 1.807) is 0 Å². The van der Waals surface area contributed by atoms with Crippen molar-refractivity contribution in [1.29, 1.82) is 0 Å². The van der Waals surface area contributed by atoms with Crippen LogP contribution in [0.25, 0.3) is 0 Å². The van der Waals surface area contributed by atoms with Crippen LogP contribution in [0, 0.1) is 19.3 Å². The van der Waals surface area contributed by atoms with Gasteiger partial charge >= 0.3 is 0 Å². The van der Waals surface area contributed by atoms with E-state index in [1.807, 2.05) is 18.3 Å². The molecule has 1 rings (SSSR count). The van der Waals surface area contributed by atoms with Crippen molar-refractivity contribution in [2.24, 2.45) is 11.0 Å². The van der Waals surface area contributed by atoms with E-state index in [4.69, 9.17) is 0 Å². The molecule has 0 saturated carbocycles. The Bertz CT molecular complexity index is 197. The molecule has 13 heavy (non-hydrogen) atoms. The Kier molecular flexibility index (Phi) is 5.10. The maximum atomic E-state index is 4.22. The summed E-state index contributed by atoms with van der Waals surface area (Å²) in [4.78, 5) is 0. The van der Waals surface area contributed by atoms with E-state index in [0.29, 0.717) is 5.92 Å². The van der Waals surface area contributed by atoms with Gasteiger partial charge < -0.3 is 12.4 Å². The minimum atomic E-state index is 0. The monoisotopic (exact) mass is 428 g/mol. The van der Waals surface area contributed by atoms with E-state index < -0.39 is 0 Å². The Morgan fingerprint density at radius 3 is 2.38 bits per heavy atom. The second kappa shape index (κ2) is 4.86. The molecule has 0 aromatic rings. The van der Waals surface area contributed by atoms with Gasteiger partial charge in [-0.15, -0.1) is 12.6 Å². The number of hydrazone groups is 1. The molecule has 85 valence electrons. The first-order valence-electron chi connectivity index (χ1n) is 3.94. The maximum Gasteiger partial charge on any atom is 0.0106 e. The van der Waals surface area contributed by atoms with Gasteiger partial charge in [0.15, 0.2) is 0 Å². The molecule has 0 saturated heterocycles. The first kappa shape index (κ1) is 13.7. The molecule has 0 aliphatic carbocycles. The van der Waals surface area contributed by atoms with E-state index >= 15 is 0 Å². The predicted octanol–water partition coefficient (Wildman–Crippen LogP) is 2.50. The average molecular weight is 428 g/mol. The van der Waals surface area contributed by atoms with Gasteiger partial charge in [0.2, 0.25) is 0 Å². The molecule has 2 nitrogen and oxygen atoms in total. The van der Waals surface area contributed by atoms with Crippen LogP contribution in [0.1, 0.15) is 20.8 Å². The molecule has 0 bridgehead atoms. The molecule has 0 atom stereocenters. The topological polar surface area (TPSA) is 15.6 Å². The minimum absolute atomic E-state index is 0. The molecule has 0 N–H and O–H groups in total. The fourth-order valence-corrected chi connectivity index (χ4v) is 1.15. The molecule has 0 spiro atoms. The van der Waals surface area contributed by atoms with Gasteiger partial charge in [0.1, 0.15) is 0 Å². The summed E-state index contributed by atoms with van der Waals surface area (Å²) in [7, 11) is 1.98. The van der Waals surface area contributed by atoms with E-state index in [9.17, 15) is 0 Å². The third-order valence-electron chi connectivity index (χ3n) is 1.78. The summed E-state index contributed by atoms with van der Waals surface area (Å²) >= 11 is 0.